The Morgan fingerprint density at radius 1 is 1.17 bits per heavy atom. The highest BCUT2D eigenvalue weighted by atomic mass is 16.5. The molecule has 24 heavy (non-hydrogen) atoms. The van der Waals surface area contributed by atoms with Crippen molar-refractivity contribution in [2.45, 2.75) is 25.4 Å². The third-order valence-electron chi connectivity index (χ3n) is 4.67. The van der Waals surface area contributed by atoms with E-state index in [1.165, 1.54) is 16.7 Å². The number of nitrogens with one attached hydrogen (secondary N) is 1. The number of hydrogen-bond acceptors (Lipinski definition) is 4. The molecule has 2 aromatic carbocycles. The van der Waals surface area contributed by atoms with Crippen molar-refractivity contribution in [3.63, 3.8) is 0 Å². The van der Waals surface area contributed by atoms with E-state index < -0.39 is 0 Å². The molecule has 0 fully saturated rings. The second-order valence-electron chi connectivity index (χ2n) is 6.11. The summed E-state index contributed by atoms with van der Waals surface area (Å²) in [5.74, 6) is 1.68. The van der Waals surface area contributed by atoms with E-state index >= 15 is 0 Å². The summed E-state index contributed by atoms with van der Waals surface area (Å²) in [5.41, 5.74) is 3.76. The number of hydrogen-bond donors (Lipinski definition) is 1. The van der Waals surface area contributed by atoms with Gasteiger partial charge in [0.05, 0.1) is 19.2 Å². The van der Waals surface area contributed by atoms with E-state index in [-0.39, 0.29) is 12.1 Å². The van der Waals surface area contributed by atoms with Crippen molar-refractivity contribution in [3.8, 4) is 5.75 Å². The lowest BCUT2D eigenvalue weighted by molar-refractivity contribution is 0.409. The van der Waals surface area contributed by atoms with Crippen LogP contribution in [0.3, 0.4) is 0 Å². The monoisotopic (exact) mass is 320 g/mol. The first-order valence-corrected chi connectivity index (χ1v) is 8.12. The fraction of sp³-hybridized carbons (Fsp3) is 0.263. The van der Waals surface area contributed by atoms with Crippen LogP contribution in [-0.2, 0) is 0 Å². The maximum atomic E-state index is 5.37. The molecule has 4 rings (SSSR count). The zero-order chi connectivity index (χ0) is 16.5. The molecule has 0 unspecified atom stereocenters. The van der Waals surface area contributed by atoms with Crippen LogP contribution in [0.1, 0.15) is 35.2 Å². The number of ether oxygens (including phenoxy) is 1. The van der Waals surface area contributed by atoms with Crippen LogP contribution in [0.4, 0.5) is 5.95 Å². The van der Waals surface area contributed by atoms with Crippen LogP contribution in [0.25, 0.3) is 0 Å². The van der Waals surface area contributed by atoms with Gasteiger partial charge in [-0.2, -0.15) is 10.1 Å². The van der Waals surface area contributed by atoms with Gasteiger partial charge in [0.2, 0.25) is 5.95 Å². The van der Waals surface area contributed by atoms with Crippen LogP contribution in [0, 0.1) is 6.92 Å². The first kappa shape index (κ1) is 14.8. The number of anilines is 1. The summed E-state index contributed by atoms with van der Waals surface area (Å²) in [4.78, 5) is 4.39. The molecule has 0 bridgehead atoms. The van der Waals surface area contributed by atoms with Gasteiger partial charge < -0.3 is 10.1 Å². The Morgan fingerprint density at radius 3 is 2.88 bits per heavy atom. The number of aryl methyl sites for hydroxylation is 1. The molecule has 5 nitrogen and oxygen atoms in total. The number of fused-ring (bicyclic) bond motifs is 1. The molecule has 0 saturated carbocycles. The molecule has 0 spiro atoms. The average molecular weight is 320 g/mol. The van der Waals surface area contributed by atoms with E-state index in [2.05, 4.69) is 58.7 Å². The van der Waals surface area contributed by atoms with Gasteiger partial charge >= 0.3 is 0 Å². The van der Waals surface area contributed by atoms with Gasteiger partial charge in [0.15, 0.2) is 0 Å². The van der Waals surface area contributed by atoms with E-state index in [1.807, 2.05) is 16.8 Å². The van der Waals surface area contributed by atoms with Crippen molar-refractivity contribution in [2.24, 2.45) is 0 Å². The van der Waals surface area contributed by atoms with Gasteiger partial charge in [-0.15, -0.1) is 0 Å². The van der Waals surface area contributed by atoms with Gasteiger partial charge in [0, 0.05) is 0 Å². The second kappa shape index (κ2) is 6.00. The highest BCUT2D eigenvalue weighted by Crippen LogP contribution is 2.38. The molecule has 5 heteroatoms. The minimum absolute atomic E-state index is 0.168. The van der Waals surface area contributed by atoms with Crippen molar-refractivity contribution in [2.75, 3.05) is 12.4 Å². The lowest BCUT2D eigenvalue weighted by atomic mass is 9.91. The Morgan fingerprint density at radius 2 is 2.04 bits per heavy atom. The summed E-state index contributed by atoms with van der Waals surface area (Å²) < 4.78 is 7.35. The lowest BCUT2D eigenvalue weighted by Gasteiger charge is -2.32. The Kier molecular flexibility index (Phi) is 3.69. The van der Waals surface area contributed by atoms with E-state index in [4.69, 9.17) is 4.74 Å². The van der Waals surface area contributed by atoms with Gasteiger partial charge in [0.25, 0.3) is 0 Å². The fourth-order valence-electron chi connectivity index (χ4n) is 3.42. The Hall–Kier alpha value is -2.82. The van der Waals surface area contributed by atoms with Crippen molar-refractivity contribution in [1.29, 1.82) is 0 Å². The number of aromatic nitrogens is 3. The molecule has 122 valence electrons. The highest BCUT2D eigenvalue weighted by Gasteiger charge is 2.30. The molecule has 2 heterocycles. The second-order valence-corrected chi connectivity index (χ2v) is 6.11. The summed E-state index contributed by atoms with van der Waals surface area (Å²) >= 11 is 0. The minimum atomic E-state index is 0.168. The molecule has 0 radical (unpaired) electrons. The van der Waals surface area contributed by atoms with Crippen molar-refractivity contribution in [3.05, 3.63) is 71.5 Å². The van der Waals surface area contributed by atoms with Crippen LogP contribution >= 0.6 is 0 Å². The predicted octanol–water partition coefficient (Wildman–Crippen LogP) is 3.74. The van der Waals surface area contributed by atoms with Gasteiger partial charge in [-0.1, -0.05) is 36.4 Å². The Balaban J connectivity index is 1.75. The zero-order valence-corrected chi connectivity index (χ0v) is 13.8. The summed E-state index contributed by atoms with van der Waals surface area (Å²) in [6.45, 7) is 2.15. The topological polar surface area (TPSA) is 52.0 Å². The molecule has 2 atom stereocenters. The van der Waals surface area contributed by atoms with E-state index in [0.717, 1.165) is 18.1 Å². The molecule has 1 aliphatic heterocycles. The van der Waals surface area contributed by atoms with Crippen molar-refractivity contribution in [1.82, 2.24) is 14.8 Å². The highest BCUT2D eigenvalue weighted by molar-refractivity contribution is 5.41. The van der Waals surface area contributed by atoms with Crippen molar-refractivity contribution >= 4 is 5.95 Å². The third kappa shape index (κ3) is 2.52. The number of nitrogens with zero attached hydrogens (tertiary/aromatic N) is 3. The average Bonchev–Trinajstić information content (AvgIpc) is 3.10. The third-order valence-corrected chi connectivity index (χ3v) is 4.67. The summed E-state index contributed by atoms with van der Waals surface area (Å²) in [7, 11) is 1.69. The summed E-state index contributed by atoms with van der Waals surface area (Å²) in [6.07, 6.45) is 2.52. The van der Waals surface area contributed by atoms with Crippen LogP contribution in [0.2, 0.25) is 0 Å². The summed E-state index contributed by atoms with van der Waals surface area (Å²) in [6, 6.07) is 17.0. The van der Waals surface area contributed by atoms with Crippen molar-refractivity contribution < 1.29 is 4.74 Å². The maximum absolute atomic E-state index is 5.37. The lowest BCUT2D eigenvalue weighted by Crippen LogP contribution is -2.28. The Bertz CT molecular complexity index is 858. The molecule has 3 aromatic rings. The molecular weight excluding hydrogens is 300 g/mol. The standard InChI is InChI=1S/C19H20N4O/c1-13-6-3-4-9-16(13)18-11-17(22-19-20-12-21-23(18)19)14-7-5-8-15(10-14)24-2/h3-10,12,17-18H,11H2,1-2H3,(H,20,21,22)/t17-,18+/m0/s1. The molecule has 1 aliphatic rings. The smallest absolute Gasteiger partial charge is 0.222 e. The molecule has 1 aromatic heterocycles. The first-order valence-electron chi connectivity index (χ1n) is 8.12. The Labute approximate surface area is 141 Å². The van der Waals surface area contributed by atoms with Gasteiger partial charge in [-0.05, 0) is 42.2 Å². The molecule has 0 amide bonds. The zero-order valence-electron chi connectivity index (χ0n) is 13.8. The largest absolute Gasteiger partial charge is 0.497 e. The van der Waals surface area contributed by atoms with Crippen LogP contribution in [0.5, 0.6) is 5.75 Å². The molecule has 0 aliphatic carbocycles. The number of methoxy groups -OCH3 is 1. The number of benzene rings is 2. The fourth-order valence-corrected chi connectivity index (χ4v) is 3.42. The molecule has 0 saturated heterocycles. The van der Waals surface area contributed by atoms with Crippen LogP contribution < -0.4 is 10.1 Å². The van der Waals surface area contributed by atoms with Gasteiger partial charge in [0.1, 0.15) is 12.1 Å². The first-order chi connectivity index (χ1) is 11.8. The predicted molar refractivity (Wildman–Crippen MR) is 93.3 cm³/mol. The minimum Gasteiger partial charge on any atom is -0.497 e. The number of rotatable bonds is 3. The molecular formula is C19H20N4O. The SMILES string of the molecule is COc1cccc([C@@H]2C[C@H](c3ccccc3C)n3ncnc3N2)c1. The summed E-state index contributed by atoms with van der Waals surface area (Å²) in [5, 5.41) is 7.93. The normalized spacial score (nSPS) is 19.4. The molecule has 1 N–H and O–H groups in total. The van der Waals surface area contributed by atoms with Gasteiger partial charge in [-0.3, -0.25) is 0 Å². The van der Waals surface area contributed by atoms with Crippen LogP contribution in [-0.4, -0.2) is 21.9 Å². The maximum Gasteiger partial charge on any atom is 0.222 e. The van der Waals surface area contributed by atoms with E-state index in [9.17, 15) is 0 Å². The quantitative estimate of drug-likeness (QED) is 0.799. The van der Waals surface area contributed by atoms with Gasteiger partial charge in [-0.25, -0.2) is 4.68 Å². The van der Waals surface area contributed by atoms with E-state index in [0.29, 0.717) is 0 Å². The van der Waals surface area contributed by atoms with Crippen LogP contribution in [0.15, 0.2) is 54.9 Å². The van der Waals surface area contributed by atoms with E-state index in [1.54, 1.807) is 13.4 Å².